The minimum atomic E-state index is 0.250. The zero-order valence-electron chi connectivity index (χ0n) is 11.0. The summed E-state index contributed by atoms with van der Waals surface area (Å²) in [6, 6.07) is 0.451. The van der Waals surface area contributed by atoms with Gasteiger partial charge in [0.1, 0.15) is 5.82 Å². The van der Waals surface area contributed by atoms with Crippen molar-refractivity contribution < 1.29 is 0 Å². The summed E-state index contributed by atoms with van der Waals surface area (Å²) < 4.78 is 0. The average Bonchev–Trinajstić information content (AvgIpc) is 2.75. The third-order valence-corrected chi connectivity index (χ3v) is 4.14. The van der Waals surface area contributed by atoms with Crippen molar-refractivity contribution >= 4 is 28.5 Å². The number of anilines is 1. The van der Waals surface area contributed by atoms with E-state index < -0.39 is 0 Å². The van der Waals surface area contributed by atoms with Gasteiger partial charge in [-0.1, -0.05) is 26.2 Å². The number of aromatic nitrogens is 4. The lowest BCUT2D eigenvalue weighted by Gasteiger charge is -2.23. The van der Waals surface area contributed by atoms with Crippen LogP contribution in [0.15, 0.2) is 6.20 Å². The van der Waals surface area contributed by atoms with E-state index in [1.54, 1.807) is 6.20 Å². The molecule has 2 aromatic rings. The molecule has 0 radical (unpaired) electrons. The van der Waals surface area contributed by atoms with Crippen molar-refractivity contribution in [1.29, 1.82) is 0 Å². The first-order valence-electron chi connectivity index (χ1n) is 6.87. The monoisotopic (exact) mass is 279 g/mol. The van der Waals surface area contributed by atoms with Crippen LogP contribution in [0.25, 0.3) is 11.0 Å². The zero-order valence-corrected chi connectivity index (χ0v) is 11.7. The van der Waals surface area contributed by atoms with Gasteiger partial charge < -0.3 is 5.32 Å². The predicted octanol–water partition coefficient (Wildman–Crippen LogP) is 3.39. The van der Waals surface area contributed by atoms with E-state index >= 15 is 0 Å². The van der Waals surface area contributed by atoms with Crippen molar-refractivity contribution in [3.05, 3.63) is 11.5 Å². The number of H-pyrrole nitrogens is 1. The standard InChI is InChI=1S/C13H18ClN5/c1-8-5-3-2-4-6-10(8)16-11-9-7-15-19-12(9)18-13(14)17-11/h7-8,10H,2-6H2,1H3,(H2,15,16,17,18,19). The maximum Gasteiger partial charge on any atom is 0.226 e. The molecule has 0 aromatic carbocycles. The summed E-state index contributed by atoms with van der Waals surface area (Å²) >= 11 is 5.96. The number of aromatic amines is 1. The Kier molecular flexibility index (Phi) is 3.55. The fourth-order valence-corrected chi connectivity index (χ4v) is 2.97. The first-order chi connectivity index (χ1) is 9.24. The van der Waals surface area contributed by atoms with E-state index in [-0.39, 0.29) is 5.28 Å². The highest BCUT2D eigenvalue weighted by Gasteiger charge is 2.21. The molecular weight excluding hydrogens is 262 g/mol. The first kappa shape index (κ1) is 12.7. The Morgan fingerprint density at radius 2 is 2.11 bits per heavy atom. The Morgan fingerprint density at radius 3 is 3.00 bits per heavy atom. The third-order valence-electron chi connectivity index (χ3n) is 3.97. The van der Waals surface area contributed by atoms with Crippen LogP contribution in [0.3, 0.4) is 0 Å². The molecule has 3 rings (SSSR count). The number of halogens is 1. The Balaban J connectivity index is 1.89. The van der Waals surface area contributed by atoms with Crippen LogP contribution >= 0.6 is 11.6 Å². The minimum Gasteiger partial charge on any atom is -0.366 e. The average molecular weight is 280 g/mol. The Labute approximate surface area is 117 Å². The van der Waals surface area contributed by atoms with Crippen LogP contribution in [0.5, 0.6) is 0 Å². The second-order valence-corrected chi connectivity index (χ2v) is 5.68. The Hall–Kier alpha value is -1.36. The molecule has 2 unspecified atom stereocenters. The van der Waals surface area contributed by atoms with Crippen LogP contribution in [-0.2, 0) is 0 Å². The molecule has 1 aliphatic carbocycles. The quantitative estimate of drug-likeness (QED) is 0.653. The van der Waals surface area contributed by atoms with Crippen LogP contribution in [-0.4, -0.2) is 26.2 Å². The summed E-state index contributed by atoms with van der Waals surface area (Å²) in [4.78, 5) is 8.44. The number of fused-ring (bicyclic) bond motifs is 1. The van der Waals surface area contributed by atoms with Gasteiger partial charge in [-0.2, -0.15) is 15.1 Å². The van der Waals surface area contributed by atoms with Crippen LogP contribution in [0.2, 0.25) is 5.28 Å². The van der Waals surface area contributed by atoms with E-state index in [0.29, 0.717) is 17.6 Å². The first-order valence-corrected chi connectivity index (χ1v) is 7.25. The van der Waals surface area contributed by atoms with Gasteiger partial charge >= 0.3 is 0 Å². The molecule has 0 aliphatic heterocycles. The summed E-state index contributed by atoms with van der Waals surface area (Å²) in [5.74, 6) is 1.45. The normalized spacial score (nSPS) is 24.3. The topological polar surface area (TPSA) is 66.5 Å². The fourth-order valence-electron chi connectivity index (χ4n) is 2.80. The van der Waals surface area contributed by atoms with E-state index in [1.807, 2.05) is 0 Å². The van der Waals surface area contributed by atoms with Gasteiger partial charge in [-0.3, -0.25) is 5.10 Å². The van der Waals surface area contributed by atoms with Gasteiger partial charge in [0.2, 0.25) is 5.28 Å². The summed E-state index contributed by atoms with van der Waals surface area (Å²) in [6.45, 7) is 2.30. The smallest absolute Gasteiger partial charge is 0.226 e. The molecule has 1 aliphatic rings. The van der Waals surface area contributed by atoms with Crippen LogP contribution in [0, 0.1) is 5.92 Å². The maximum absolute atomic E-state index is 5.96. The van der Waals surface area contributed by atoms with E-state index in [2.05, 4.69) is 32.4 Å². The Bertz CT molecular complexity index is 567. The van der Waals surface area contributed by atoms with E-state index in [4.69, 9.17) is 11.6 Å². The second kappa shape index (κ2) is 5.33. The molecule has 19 heavy (non-hydrogen) atoms. The molecule has 6 heteroatoms. The number of rotatable bonds is 2. The van der Waals surface area contributed by atoms with Crippen molar-refractivity contribution in [3.8, 4) is 0 Å². The van der Waals surface area contributed by atoms with Gasteiger partial charge in [0.15, 0.2) is 5.65 Å². The van der Waals surface area contributed by atoms with Gasteiger partial charge in [0, 0.05) is 6.04 Å². The molecule has 2 heterocycles. The SMILES string of the molecule is CC1CCCCCC1Nc1nc(Cl)nc2[nH]ncc12. The summed E-state index contributed by atoms with van der Waals surface area (Å²) in [5.41, 5.74) is 0.684. The molecular formula is C13H18ClN5. The molecule has 2 N–H and O–H groups in total. The number of nitrogens with one attached hydrogen (secondary N) is 2. The van der Waals surface area contributed by atoms with Crippen LogP contribution in [0.1, 0.15) is 39.0 Å². The highest BCUT2D eigenvalue weighted by atomic mass is 35.5. The zero-order chi connectivity index (χ0) is 13.2. The molecule has 0 amide bonds. The van der Waals surface area contributed by atoms with Gasteiger partial charge in [-0.15, -0.1) is 0 Å². The summed E-state index contributed by atoms with van der Waals surface area (Å²) in [5, 5.41) is 11.5. The molecule has 0 saturated heterocycles. The second-order valence-electron chi connectivity index (χ2n) is 5.34. The minimum absolute atomic E-state index is 0.250. The number of hydrogen-bond donors (Lipinski definition) is 2. The molecule has 2 aromatic heterocycles. The van der Waals surface area contributed by atoms with Gasteiger partial charge in [-0.25, -0.2) is 0 Å². The highest BCUT2D eigenvalue weighted by molar-refractivity contribution is 6.28. The Morgan fingerprint density at radius 1 is 1.26 bits per heavy atom. The predicted molar refractivity (Wildman–Crippen MR) is 76.4 cm³/mol. The van der Waals surface area contributed by atoms with Gasteiger partial charge in [0.05, 0.1) is 11.6 Å². The van der Waals surface area contributed by atoms with Crippen LogP contribution in [0.4, 0.5) is 5.82 Å². The number of nitrogens with zero attached hydrogens (tertiary/aromatic N) is 3. The summed E-state index contributed by atoms with van der Waals surface area (Å²) in [6.07, 6.45) is 8.12. The molecule has 102 valence electrons. The van der Waals surface area contributed by atoms with Crippen molar-refractivity contribution in [3.63, 3.8) is 0 Å². The van der Waals surface area contributed by atoms with E-state index in [0.717, 1.165) is 11.2 Å². The third kappa shape index (κ3) is 2.66. The maximum atomic E-state index is 5.96. The largest absolute Gasteiger partial charge is 0.366 e. The molecule has 0 spiro atoms. The van der Waals surface area contributed by atoms with Gasteiger partial charge in [-0.05, 0) is 30.4 Å². The van der Waals surface area contributed by atoms with Crippen molar-refractivity contribution in [2.45, 2.75) is 45.1 Å². The van der Waals surface area contributed by atoms with Crippen LogP contribution < -0.4 is 5.32 Å². The lowest BCUT2D eigenvalue weighted by Crippen LogP contribution is -2.26. The molecule has 1 fully saturated rings. The molecule has 1 saturated carbocycles. The van der Waals surface area contributed by atoms with Crippen molar-refractivity contribution in [1.82, 2.24) is 20.2 Å². The summed E-state index contributed by atoms with van der Waals surface area (Å²) in [7, 11) is 0. The lowest BCUT2D eigenvalue weighted by molar-refractivity contribution is 0.456. The van der Waals surface area contributed by atoms with Crippen molar-refractivity contribution in [2.75, 3.05) is 5.32 Å². The fraction of sp³-hybridized carbons (Fsp3) is 0.615. The number of hydrogen-bond acceptors (Lipinski definition) is 4. The molecule has 5 nitrogen and oxygen atoms in total. The highest BCUT2D eigenvalue weighted by Crippen LogP contribution is 2.28. The molecule has 2 atom stereocenters. The van der Waals surface area contributed by atoms with Crippen molar-refractivity contribution in [2.24, 2.45) is 5.92 Å². The van der Waals surface area contributed by atoms with E-state index in [1.165, 1.54) is 32.1 Å². The van der Waals surface area contributed by atoms with Gasteiger partial charge in [0.25, 0.3) is 0 Å². The lowest BCUT2D eigenvalue weighted by atomic mass is 9.97. The van der Waals surface area contributed by atoms with E-state index in [9.17, 15) is 0 Å². The molecule has 0 bridgehead atoms.